The average molecular weight is 281 g/mol. The lowest BCUT2D eigenvalue weighted by Gasteiger charge is -2.39. The molecule has 1 heterocycles. The first-order valence-corrected chi connectivity index (χ1v) is 6.97. The highest BCUT2D eigenvalue weighted by atomic mass is 19.1. The molecule has 1 fully saturated rings. The van der Waals surface area contributed by atoms with Crippen molar-refractivity contribution in [3.05, 3.63) is 35.6 Å². The van der Waals surface area contributed by atoms with Crippen LogP contribution in [0.4, 0.5) is 8.78 Å². The van der Waals surface area contributed by atoms with E-state index in [1.165, 1.54) is 24.3 Å². The maximum absolute atomic E-state index is 14.9. The van der Waals surface area contributed by atoms with E-state index in [0.717, 1.165) is 0 Å². The molecule has 1 saturated heterocycles. The summed E-state index contributed by atoms with van der Waals surface area (Å²) < 4.78 is 27.8. The maximum atomic E-state index is 14.9. The Morgan fingerprint density at radius 1 is 1.15 bits per heavy atom. The molecule has 4 heteroatoms. The van der Waals surface area contributed by atoms with Crippen LogP contribution in [0.5, 0.6) is 0 Å². The van der Waals surface area contributed by atoms with Gasteiger partial charge in [-0.1, -0.05) is 32.9 Å². The number of amides is 1. The predicted octanol–water partition coefficient (Wildman–Crippen LogP) is 3.66. The molecule has 0 saturated carbocycles. The lowest BCUT2D eigenvalue weighted by atomic mass is 9.85. The molecule has 0 atom stereocenters. The van der Waals surface area contributed by atoms with Crippen LogP contribution in [-0.4, -0.2) is 23.9 Å². The third-order valence-electron chi connectivity index (χ3n) is 3.85. The Hall–Kier alpha value is -1.45. The SMILES string of the molecule is CC(C)(C)C(=O)N1CCC(F)(c2ccc(F)cc2)CC1. The standard InChI is InChI=1S/C16H21F2NO/c1-15(2,3)14(20)19-10-8-16(18,9-11-19)12-4-6-13(17)7-5-12/h4-7H,8-11H2,1-3H3. The normalized spacial score (nSPS) is 18.9. The number of nitrogens with zero attached hydrogens (tertiary/aromatic N) is 1. The van der Waals surface area contributed by atoms with Crippen molar-refractivity contribution < 1.29 is 13.6 Å². The molecule has 2 nitrogen and oxygen atoms in total. The molecule has 0 unspecified atom stereocenters. The van der Waals surface area contributed by atoms with Crippen LogP contribution >= 0.6 is 0 Å². The van der Waals surface area contributed by atoms with E-state index in [4.69, 9.17) is 0 Å². The number of carbonyl (C=O) groups excluding carboxylic acids is 1. The van der Waals surface area contributed by atoms with Gasteiger partial charge in [-0.05, 0) is 17.7 Å². The molecule has 0 radical (unpaired) electrons. The number of carbonyl (C=O) groups is 1. The van der Waals surface area contributed by atoms with E-state index < -0.39 is 11.1 Å². The zero-order valence-corrected chi connectivity index (χ0v) is 12.2. The number of likely N-dealkylation sites (tertiary alicyclic amines) is 1. The minimum absolute atomic E-state index is 0.0543. The molecule has 0 spiro atoms. The van der Waals surface area contributed by atoms with Crippen LogP contribution in [0.2, 0.25) is 0 Å². The Balaban J connectivity index is 2.07. The molecule has 0 bridgehead atoms. The second kappa shape index (κ2) is 5.15. The quantitative estimate of drug-likeness (QED) is 0.769. The van der Waals surface area contributed by atoms with Gasteiger partial charge in [0, 0.05) is 31.3 Å². The number of piperidine rings is 1. The first kappa shape index (κ1) is 14.9. The monoisotopic (exact) mass is 281 g/mol. The minimum Gasteiger partial charge on any atom is -0.342 e. The summed E-state index contributed by atoms with van der Waals surface area (Å²) in [6.45, 7) is 6.42. The molecule has 2 rings (SSSR count). The summed E-state index contributed by atoms with van der Waals surface area (Å²) in [5, 5.41) is 0. The van der Waals surface area contributed by atoms with E-state index >= 15 is 0 Å². The van der Waals surface area contributed by atoms with Gasteiger partial charge in [0.05, 0.1) is 0 Å². The highest BCUT2D eigenvalue weighted by Gasteiger charge is 2.39. The number of hydrogen-bond donors (Lipinski definition) is 0. The number of rotatable bonds is 1. The Bertz CT molecular complexity index is 482. The predicted molar refractivity (Wildman–Crippen MR) is 74.5 cm³/mol. The highest BCUT2D eigenvalue weighted by molar-refractivity contribution is 5.81. The first-order valence-electron chi connectivity index (χ1n) is 6.97. The fraction of sp³-hybridized carbons (Fsp3) is 0.562. The molecule has 20 heavy (non-hydrogen) atoms. The Morgan fingerprint density at radius 2 is 1.65 bits per heavy atom. The molecule has 0 aromatic heterocycles. The van der Waals surface area contributed by atoms with Crippen molar-refractivity contribution in [3.8, 4) is 0 Å². The van der Waals surface area contributed by atoms with Crippen molar-refractivity contribution in [2.24, 2.45) is 5.41 Å². The number of halogens is 2. The third kappa shape index (κ3) is 3.00. The van der Waals surface area contributed by atoms with Crippen molar-refractivity contribution in [3.63, 3.8) is 0 Å². The Morgan fingerprint density at radius 3 is 2.10 bits per heavy atom. The van der Waals surface area contributed by atoms with Crippen LogP contribution < -0.4 is 0 Å². The number of alkyl halides is 1. The van der Waals surface area contributed by atoms with Gasteiger partial charge in [-0.25, -0.2) is 8.78 Å². The van der Waals surface area contributed by atoms with Gasteiger partial charge in [-0.2, -0.15) is 0 Å². The van der Waals surface area contributed by atoms with Crippen LogP contribution in [-0.2, 0) is 10.5 Å². The summed E-state index contributed by atoms with van der Waals surface area (Å²) in [6.07, 6.45) is 0.529. The molecular formula is C16H21F2NO. The van der Waals surface area contributed by atoms with E-state index in [1.807, 2.05) is 20.8 Å². The molecule has 0 N–H and O–H groups in total. The van der Waals surface area contributed by atoms with Crippen molar-refractivity contribution >= 4 is 5.91 Å². The second-order valence-corrected chi connectivity index (χ2v) is 6.51. The van der Waals surface area contributed by atoms with Crippen LogP contribution in [0, 0.1) is 11.2 Å². The van der Waals surface area contributed by atoms with Gasteiger partial charge >= 0.3 is 0 Å². The van der Waals surface area contributed by atoms with Crippen molar-refractivity contribution in [2.75, 3.05) is 13.1 Å². The molecule has 1 aromatic carbocycles. The van der Waals surface area contributed by atoms with Crippen molar-refractivity contribution in [2.45, 2.75) is 39.3 Å². The molecule has 1 amide bonds. The highest BCUT2D eigenvalue weighted by Crippen LogP contribution is 2.37. The van der Waals surface area contributed by atoms with E-state index in [2.05, 4.69) is 0 Å². The summed E-state index contributed by atoms with van der Waals surface area (Å²) in [5.74, 6) is -0.309. The molecule has 1 aromatic rings. The van der Waals surface area contributed by atoms with Gasteiger partial charge < -0.3 is 4.90 Å². The average Bonchev–Trinajstić information content (AvgIpc) is 2.38. The zero-order chi connectivity index (χ0) is 15.0. The summed E-state index contributed by atoms with van der Waals surface area (Å²) >= 11 is 0. The zero-order valence-electron chi connectivity index (χ0n) is 12.2. The molecule has 1 aliphatic rings. The first-order chi connectivity index (χ1) is 9.22. The fourth-order valence-electron chi connectivity index (χ4n) is 2.58. The summed E-state index contributed by atoms with van der Waals surface area (Å²) in [5.41, 5.74) is -1.39. The van der Waals surface area contributed by atoms with Gasteiger partial charge in [0.15, 0.2) is 0 Å². The topological polar surface area (TPSA) is 20.3 Å². The Labute approximate surface area is 118 Å². The molecule has 110 valence electrons. The van der Waals surface area contributed by atoms with Crippen LogP contribution in [0.25, 0.3) is 0 Å². The third-order valence-corrected chi connectivity index (χ3v) is 3.85. The molecule has 1 aliphatic heterocycles. The van der Waals surface area contributed by atoms with E-state index in [9.17, 15) is 13.6 Å². The van der Waals surface area contributed by atoms with Crippen molar-refractivity contribution in [1.82, 2.24) is 4.90 Å². The minimum atomic E-state index is -1.46. The summed E-state index contributed by atoms with van der Waals surface area (Å²) in [6, 6.07) is 5.56. The van der Waals surface area contributed by atoms with E-state index in [-0.39, 0.29) is 24.6 Å². The Kier molecular flexibility index (Phi) is 3.85. The van der Waals surface area contributed by atoms with E-state index in [1.54, 1.807) is 4.90 Å². The fourth-order valence-corrected chi connectivity index (χ4v) is 2.58. The van der Waals surface area contributed by atoms with Gasteiger partial charge in [0.2, 0.25) is 5.91 Å². The lowest BCUT2D eigenvalue weighted by molar-refractivity contribution is -0.142. The van der Waals surface area contributed by atoms with Crippen LogP contribution in [0.15, 0.2) is 24.3 Å². The molecule has 0 aliphatic carbocycles. The molecular weight excluding hydrogens is 260 g/mol. The van der Waals surface area contributed by atoms with Gasteiger partial charge in [0.25, 0.3) is 0 Å². The largest absolute Gasteiger partial charge is 0.342 e. The van der Waals surface area contributed by atoms with Gasteiger partial charge in [-0.3, -0.25) is 4.79 Å². The van der Waals surface area contributed by atoms with Crippen LogP contribution in [0.1, 0.15) is 39.2 Å². The van der Waals surface area contributed by atoms with Gasteiger partial charge in [-0.15, -0.1) is 0 Å². The van der Waals surface area contributed by atoms with E-state index in [0.29, 0.717) is 18.7 Å². The number of hydrogen-bond acceptors (Lipinski definition) is 1. The second-order valence-electron chi connectivity index (χ2n) is 6.51. The lowest BCUT2D eigenvalue weighted by Crippen LogP contribution is -2.47. The summed E-state index contributed by atoms with van der Waals surface area (Å²) in [4.78, 5) is 13.9. The maximum Gasteiger partial charge on any atom is 0.227 e. The van der Waals surface area contributed by atoms with Crippen molar-refractivity contribution in [1.29, 1.82) is 0 Å². The van der Waals surface area contributed by atoms with Crippen LogP contribution in [0.3, 0.4) is 0 Å². The summed E-state index contributed by atoms with van der Waals surface area (Å²) in [7, 11) is 0. The number of benzene rings is 1. The van der Waals surface area contributed by atoms with Gasteiger partial charge in [0.1, 0.15) is 11.5 Å². The smallest absolute Gasteiger partial charge is 0.227 e.